The maximum absolute atomic E-state index is 11.7. The minimum Gasteiger partial charge on any atom is -0.379 e. The van der Waals surface area contributed by atoms with Crippen LogP contribution >= 0.6 is 0 Å². The van der Waals surface area contributed by atoms with Crippen LogP contribution in [0.3, 0.4) is 0 Å². The Morgan fingerprint density at radius 1 is 1.60 bits per heavy atom. The van der Waals surface area contributed by atoms with Gasteiger partial charge >= 0.3 is 0 Å². The Morgan fingerprint density at radius 3 is 3.20 bits per heavy atom. The van der Waals surface area contributed by atoms with E-state index in [1.165, 1.54) is 0 Å². The summed E-state index contributed by atoms with van der Waals surface area (Å²) in [6, 6.07) is 0. The fraction of sp³-hybridized carbons (Fsp3) is 0.769. The molecule has 7 nitrogen and oxygen atoms in total. The Labute approximate surface area is 118 Å². The van der Waals surface area contributed by atoms with E-state index in [0.717, 1.165) is 38.1 Å². The summed E-state index contributed by atoms with van der Waals surface area (Å²) < 4.78 is 11.0. The second-order valence-electron chi connectivity index (χ2n) is 4.78. The summed E-state index contributed by atoms with van der Waals surface area (Å²) >= 11 is 0. The van der Waals surface area contributed by atoms with E-state index in [1.807, 2.05) is 6.92 Å². The summed E-state index contributed by atoms with van der Waals surface area (Å²) in [5, 5.41) is 9.35. The number of ether oxygens (including phenoxy) is 2. The first-order valence-electron chi connectivity index (χ1n) is 7.18. The lowest BCUT2D eigenvalue weighted by Gasteiger charge is -2.09. The molecule has 112 valence electrons. The Hall–Kier alpha value is -1.47. The van der Waals surface area contributed by atoms with E-state index < -0.39 is 0 Å². The van der Waals surface area contributed by atoms with Crippen molar-refractivity contribution in [3.05, 3.63) is 11.6 Å². The standard InChI is InChI=1S/C13H22N4O3/c1-2-11-15-12(17-16-11)13(18)14-6-4-7-19-9-10-5-3-8-20-10/h10H,2-9H2,1H3,(H,14,18)(H,15,16,17). The average Bonchev–Trinajstić information content (AvgIpc) is 3.13. The lowest BCUT2D eigenvalue weighted by molar-refractivity contribution is 0.0166. The molecule has 0 aliphatic carbocycles. The number of rotatable bonds is 8. The summed E-state index contributed by atoms with van der Waals surface area (Å²) in [5.74, 6) is 0.664. The van der Waals surface area contributed by atoms with E-state index >= 15 is 0 Å². The predicted octanol–water partition coefficient (Wildman–Crippen LogP) is 0.683. The highest BCUT2D eigenvalue weighted by Gasteiger charge is 2.15. The fourth-order valence-electron chi connectivity index (χ4n) is 2.00. The van der Waals surface area contributed by atoms with Crippen molar-refractivity contribution in [1.82, 2.24) is 20.5 Å². The Bertz CT molecular complexity index is 416. The molecule has 20 heavy (non-hydrogen) atoms. The quantitative estimate of drug-likeness (QED) is 0.685. The number of aromatic amines is 1. The van der Waals surface area contributed by atoms with Crippen molar-refractivity contribution in [3.63, 3.8) is 0 Å². The zero-order valence-electron chi connectivity index (χ0n) is 11.9. The molecule has 1 fully saturated rings. The molecule has 1 aliphatic rings. The number of hydrogen-bond donors (Lipinski definition) is 2. The predicted molar refractivity (Wildman–Crippen MR) is 72.5 cm³/mol. The van der Waals surface area contributed by atoms with E-state index in [1.54, 1.807) is 0 Å². The number of aryl methyl sites for hydroxylation is 1. The molecule has 1 unspecified atom stereocenters. The molecule has 1 amide bonds. The van der Waals surface area contributed by atoms with Crippen molar-refractivity contribution in [1.29, 1.82) is 0 Å². The molecular weight excluding hydrogens is 260 g/mol. The Morgan fingerprint density at radius 2 is 2.50 bits per heavy atom. The van der Waals surface area contributed by atoms with Crippen LogP contribution in [0, 0.1) is 0 Å². The third-order valence-electron chi connectivity index (χ3n) is 3.15. The normalized spacial score (nSPS) is 18.4. The molecule has 1 atom stereocenters. The number of H-pyrrole nitrogens is 1. The first-order chi connectivity index (χ1) is 9.79. The molecule has 1 aromatic rings. The number of carbonyl (C=O) groups is 1. The molecule has 1 saturated heterocycles. The third kappa shape index (κ3) is 4.57. The van der Waals surface area contributed by atoms with Gasteiger partial charge in [0.25, 0.3) is 5.91 Å². The van der Waals surface area contributed by atoms with Gasteiger partial charge in [0.1, 0.15) is 5.82 Å². The first kappa shape index (κ1) is 14.9. The van der Waals surface area contributed by atoms with Gasteiger partial charge in [-0.15, -0.1) is 5.10 Å². The summed E-state index contributed by atoms with van der Waals surface area (Å²) in [4.78, 5) is 15.8. The van der Waals surface area contributed by atoms with Crippen molar-refractivity contribution in [2.24, 2.45) is 0 Å². The van der Waals surface area contributed by atoms with Gasteiger partial charge in [-0.3, -0.25) is 9.89 Å². The average molecular weight is 282 g/mol. The molecule has 2 rings (SSSR count). The lowest BCUT2D eigenvalue weighted by Crippen LogP contribution is -2.26. The zero-order valence-corrected chi connectivity index (χ0v) is 11.9. The van der Waals surface area contributed by atoms with Crippen LogP contribution in [0.4, 0.5) is 0 Å². The molecule has 0 aromatic carbocycles. The number of aromatic nitrogens is 3. The van der Waals surface area contributed by atoms with Crippen molar-refractivity contribution in [2.75, 3.05) is 26.4 Å². The van der Waals surface area contributed by atoms with E-state index in [2.05, 4.69) is 20.5 Å². The van der Waals surface area contributed by atoms with Gasteiger partial charge in [0.15, 0.2) is 0 Å². The monoisotopic (exact) mass is 282 g/mol. The van der Waals surface area contributed by atoms with E-state index in [4.69, 9.17) is 9.47 Å². The second-order valence-corrected chi connectivity index (χ2v) is 4.78. The molecular formula is C13H22N4O3. The molecule has 0 bridgehead atoms. The van der Waals surface area contributed by atoms with Gasteiger partial charge in [-0.1, -0.05) is 6.92 Å². The molecule has 1 aromatic heterocycles. The van der Waals surface area contributed by atoms with Crippen molar-refractivity contribution >= 4 is 5.91 Å². The van der Waals surface area contributed by atoms with Crippen molar-refractivity contribution in [3.8, 4) is 0 Å². The Balaban J connectivity index is 1.52. The molecule has 2 heterocycles. The smallest absolute Gasteiger partial charge is 0.290 e. The summed E-state index contributed by atoms with van der Waals surface area (Å²) in [7, 11) is 0. The van der Waals surface area contributed by atoms with Crippen LogP contribution in [-0.4, -0.2) is 53.6 Å². The maximum Gasteiger partial charge on any atom is 0.290 e. The van der Waals surface area contributed by atoms with Crippen molar-refractivity contribution < 1.29 is 14.3 Å². The molecule has 7 heteroatoms. The highest BCUT2D eigenvalue weighted by Crippen LogP contribution is 2.11. The van der Waals surface area contributed by atoms with Crippen LogP contribution in [0.5, 0.6) is 0 Å². The van der Waals surface area contributed by atoms with Crippen LogP contribution in [0.15, 0.2) is 0 Å². The topological polar surface area (TPSA) is 89.1 Å². The fourth-order valence-corrected chi connectivity index (χ4v) is 2.00. The van der Waals surface area contributed by atoms with Crippen LogP contribution in [0.25, 0.3) is 0 Å². The number of hydrogen-bond acceptors (Lipinski definition) is 5. The van der Waals surface area contributed by atoms with Gasteiger partial charge in [0.2, 0.25) is 5.82 Å². The SMILES string of the molecule is CCc1nc(C(=O)NCCCOCC2CCCO2)n[nH]1. The van der Waals surface area contributed by atoms with Gasteiger partial charge in [-0.25, -0.2) is 4.98 Å². The van der Waals surface area contributed by atoms with E-state index in [9.17, 15) is 4.79 Å². The molecule has 2 N–H and O–H groups in total. The number of nitrogens with zero attached hydrogens (tertiary/aromatic N) is 2. The zero-order chi connectivity index (χ0) is 14.2. The van der Waals surface area contributed by atoms with Crippen LogP contribution in [-0.2, 0) is 15.9 Å². The molecule has 0 spiro atoms. The molecule has 0 saturated carbocycles. The van der Waals surface area contributed by atoms with E-state index in [-0.39, 0.29) is 17.8 Å². The highest BCUT2D eigenvalue weighted by atomic mass is 16.5. The summed E-state index contributed by atoms with van der Waals surface area (Å²) in [5.41, 5.74) is 0. The molecule has 1 aliphatic heterocycles. The minimum absolute atomic E-state index is 0.196. The largest absolute Gasteiger partial charge is 0.379 e. The van der Waals surface area contributed by atoms with Crippen LogP contribution < -0.4 is 5.32 Å². The number of nitrogens with one attached hydrogen (secondary N) is 2. The molecule has 0 radical (unpaired) electrons. The van der Waals surface area contributed by atoms with Gasteiger partial charge < -0.3 is 14.8 Å². The van der Waals surface area contributed by atoms with Gasteiger partial charge in [0.05, 0.1) is 12.7 Å². The number of carbonyl (C=O) groups excluding carboxylic acids is 1. The van der Waals surface area contributed by atoms with Crippen LogP contribution in [0.2, 0.25) is 0 Å². The van der Waals surface area contributed by atoms with Crippen LogP contribution in [0.1, 0.15) is 42.6 Å². The first-order valence-corrected chi connectivity index (χ1v) is 7.18. The third-order valence-corrected chi connectivity index (χ3v) is 3.15. The summed E-state index contributed by atoms with van der Waals surface area (Å²) in [6.07, 6.45) is 3.97. The van der Waals surface area contributed by atoms with Gasteiger partial charge in [-0.05, 0) is 19.3 Å². The van der Waals surface area contributed by atoms with Crippen molar-refractivity contribution in [2.45, 2.75) is 38.7 Å². The highest BCUT2D eigenvalue weighted by molar-refractivity contribution is 5.90. The van der Waals surface area contributed by atoms with Gasteiger partial charge in [-0.2, -0.15) is 0 Å². The van der Waals surface area contributed by atoms with E-state index in [0.29, 0.717) is 19.8 Å². The number of amides is 1. The maximum atomic E-state index is 11.7. The lowest BCUT2D eigenvalue weighted by atomic mass is 10.2. The summed E-state index contributed by atoms with van der Waals surface area (Å²) in [6.45, 7) is 4.62. The minimum atomic E-state index is -0.250. The van der Waals surface area contributed by atoms with Gasteiger partial charge in [0, 0.05) is 26.2 Å². The second kappa shape index (κ2) is 7.96. The Kier molecular flexibility index (Phi) is 5.94.